The number of hydroxylamine groups is 2. The number of carbonyl (C=O) groups is 1. The van der Waals surface area contributed by atoms with E-state index in [1.54, 1.807) is 36.4 Å². The van der Waals surface area contributed by atoms with Crippen LogP contribution in [0.2, 0.25) is 0 Å². The van der Waals surface area contributed by atoms with Gasteiger partial charge in [-0.1, -0.05) is 18.2 Å². The minimum atomic E-state index is -0.147. The lowest BCUT2D eigenvalue weighted by Gasteiger charge is -2.24. The van der Waals surface area contributed by atoms with Crippen molar-refractivity contribution in [3.8, 4) is 5.75 Å². The normalized spacial score (nSPS) is 15.7. The number of ketones is 1. The number of phenolic OH excluding ortho intramolecular Hbond substituents is 1. The summed E-state index contributed by atoms with van der Waals surface area (Å²) < 4.78 is 0. The Hall–Kier alpha value is -2.53. The van der Waals surface area contributed by atoms with E-state index in [0.717, 1.165) is 23.8 Å². The molecule has 0 saturated carbocycles. The fourth-order valence-electron chi connectivity index (χ4n) is 2.44. The van der Waals surface area contributed by atoms with Crippen LogP contribution in [0.3, 0.4) is 0 Å². The molecule has 0 aliphatic heterocycles. The minimum absolute atomic E-state index is 0.101. The Morgan fingerprint density at radius 3 is 2.43 bits per heavy atom. The number of rotatable bonds is 6. The van der Waals surface area contributed by atoms with Gasteiger partial charge in [-0.15, -0.1) is 0 Å². The molecule has 1 aromatic rings. The van der Waals surface area contributed by atoms with Crippen molar-refractivity contribution in [2.45, 2.75) is 20.4 Å². The SMILES string of the molecule is CCN(CC)C1=CC(=O)/C(=C\N(O)Cc2ccccc2O)C=C1. The molecule has 0 atom stereocenters. The molecule has 0 amide bonds. The predicted octanol–water partition coefficient (Wildman–Crippen LogP) is 2.83. The first-order chi connectivity index (χ1) is 11.0. The number of hydrogen-bond donors (Lipinski definition) is 2. The first-order valence-electron chi connectivity index (χ1n) is 7.68. The Bertz CT molecular complexity index is 658. The second-order valence-electron chi connectivity index (χ2n) is 5.25. The molecule has 0 fully saturated rings. The highest BCUT2D eigenvalue weighted by Crippen LogP contribution is 2.19. The highest BCUT2D eigenvalue weighted by molar-refractivity contribution is 6.07. The van der Waals surface area contributed by atoms with Crippen LogP contribution in [0.15, 0.2) is 60.0 Å². The molecular formula is C18H22N2O3. The van der Waals surface area contributed by atoms with E-state index in [1.807, 2.05) is 19.9 Å². The van der Waals surface area contributed by atoms with Crippen LogP contribution in [0.5, 0.6) is 5.75 Å². The zero-order valence-corrected chi connectivity index (χ0v) is 13.4. The zero-order valence-electron chi connectivity index (χ0n) is 13.4. The average Bonchev–Trinajstić information content (AvgIpc) is 2.53. The summed E-state index contributed by atoms with van der Waals surface area (Å²) in [5.41, 5.74) is 1.86. The summed E-state index contributed by atoms with van der Waals surface area (Å²) in [6.07, 6.45) is 6.52. The summed E-state index contributed by atoms with van der Waals surface area (Å²) in [4.78, 5) is 14.3. The van der Waals surface area contributed by atoms with Gasteiger partial charge in [0.05, 0.1) is 6.54 Å². The summed E-state index contributed by atoms with van der Waals surface area (Å²) in [5, 5.41) is 20.6. The predicted molar refractivity (Wildman–Crippen MR) is 88.7 cm³/mol. The number of carbonyl (C=O) groups excluding carboxylic acids is 1. The molecule has 0 saturated heterocycles. The molecule has 2 N–H and O–H groups in total. The third-order valence-electron chi connectivity index (χ3n) is 3.74. The van der Waals surface area contributed by atoms with Crippen LogP contribution >= 0.6 is 0 Å². The number of phenols is 1. The summed E-state index contributed by atoms with van der Waals surface area (Å²) in [6.45, 7) is 5.84. The minimum Gasteiger partial charge on any atom is -0.508 e. The van der Waals surface area contributed by atoms with Crippen LogP contribution in [0.1, 0.15) is 19.4 Å². The molecule has 1 aliphatic carbocycles. The molecule has 5 heteroatoms. The van der Waals surface area contributed by atoms with E-state index < -0.39 is 0 Å². The van der Waals surface area contributed by atoms with E-state index in [9.17, 15) is 15.1 Å². The van der Waals surface area contributed by atoms with Gasteiger partial charge in [-0.2, -0.15) is 0 Å². The number of likely N-dealkylation sites (N-methyl/N-ethyl adjacent to an activating group) is 1. The van der Waals surface area contributed by atoms with Crippen LogP contribution in [0.25, 0.3) is 0 Å². The molecule has 0 bridgehead atoms. The van der Waals surface area contributed by atoms with Gasteiger partial charge in [0.15, 0.2) is 5.78 Å². The number of para-hydroxylation sites is 1. The molecule has 0 unspecified atom stereocenters. The lowest BCUT2D eigenvalue weighted by atomic mass is 10.0. The third kappa shape index (κ3) is 4.23. The second kappa shape index (κ2) is 7.65. The van der Waals surface area contributed by atoms with Crippen LogP contribution in [0.4, 0.5) is 0 Å². The monoisotopic (exact) mass is 314 g/mol. The number of aromatic hydroxyl groups is 1. The van der Waals surface area contributed by atoms with E-state index in [4.69, 9.17) is 0 Å². The smallest absolute Gasteiger partial charge is 0.189 e. The molecule has 122 valence electrons. The van der Waals surface area contributed by atoms with E-state index >= 15 is 0 Å². The zero-order chi connectivity index (χ0) is 16.8. The first kappa shape index (κ1) is 16.8. The Morgan fingerprint density at radius 2 is 1.83 bits per heavy atom. The topological polar surface area (TPSA) is 64.0 Å². The van der Waals surface area contributed by atoms with E-state index in [2.05, 4.69) is 4.90 Å². The summed E-state index contributed by atoms with van der Waals surface area (Å²) in [5.74, 6) is -0.0371. The molecule has 1 aliphatic rings. The van der Waals surface area contributed by atoms with Crippen molar-refractivity contribution < 1.29 is 15.1 Å². The molecule has 0 radical (unpaired) electrons. The molecule has 0 heterocycles. The maximum atomic E-state index is 12.2. The van der Waals surface area contributed by atoms with Crippen molar-refractivity contribution >= 4 is 5.78 Å². The van der Waals surface area contributed by atoms with Gasteiger partial charge in [-0.3, -0.25) is 15.1 Å². The standard InChI is InChI=1S/C18H22N2O3/c1-3-19(4-2)16-10-9-15(18(22)11-16)13-20(23)12-14-7-5-6-8-17(14)21/h5-11,13,21,23H,3-4,12H2,1-2H3/b15-13-. The molecular weight excluding hydrogens is 292 g/mol. The van der Waals surface area contributed by atoms with Gasteiger partial charge in [-0.05, 0) is 32.1 Å². The van der Waals surface area contributed by atoms with Crippen LogP contribution in [0, 0.1) is 0 Å². The van der Waals surface area contributed by atoms with E-state index in [1.165, 1.54) is 6.20 Å². The van der Waals surface area contributed by atoms with Gasteiger partial charge in [0.1, 0.15) is 5.75 Å². The van der Waals surface area contributed by atoms with Gasteiger partial charge in [0, 0.05) is 42.2 Å². The molecule has 5 nitrogen and oxygen atoms in total. The van der Waals surface area contributed by atoms with E-state index in [0.29, 0.717) is 11.1 Å². The van der Waals surface area contributed by atoms with Gasteiger partial charge in [0.25, 0.3) is 0 Å². The Kier molecular flexibility index (Phi) is 5.60. The van der Waals surface area contributed by atoms with Crippen LogP contribution in [-0.2, 0) is 11.3 Å². The third-order valence-corrected chi connectivity index (χ3v) is 3.74. The average molecular weight is 314 g/mol. The van der Waals surface area contributed by atoms with Crippen LogP contribution < -0.4 is 0 Å². The lowest BCUT2D eigenvalue weighted by molar-refractivity contribution is -0.111. The van der Waals surface area contributed by atoms with Crippen LogP contribution in [-0.4, -0.2) is 39.1 Å². The first-order valence-corrected chi connectivity index (χ1v) is 7.68. The van der Waals surface area contributed by atoms with Gasteiger partial charge in [-0.25, -0.2) is 0 Å². The van der Waals surface area contributed by atoms with E-state index in [-0.39, 0.29) is 18.1 Å². The maximum Gasteiger partial charge on any atom is 0.189 e. The molecule has 1 aromatic carbocycles. The fraction of sp³-hybridized carbons (Fsp3) is 0.278. The largest absolute Gasteiger partial charge is 0.508 e. The fourth-order valence-corrected chi connectivity index (χ4v) is 2.44. The molecule has 0 spiro atoms. The van der Waals surface area contributed by atoms with Crippen molar-refractivity contribution in [1.82, 2.24) is 9.96 Å². The highest BCUT2D eigenvalue weighted by atomic mass is 16.5. The molecule has 2 rings (SSSR count). The van der Waals surface area contributed by atoms with Crippen molar-refractivity contribution in [3.63, 3.8) is 0 Å². The molecule has 23 heavy (non-hydrogen) atoms. The van der Waals surface area contributed by atoms with Gasteiger partial charge < -0.3 is 10.0 Å². The van der Waals surface area contributed by atoms with Gasteiger partial charge >= 0.3 is 0 Å². The highest BCUT2D eigenvalue weighted by Gasteiger charge is 2.15. The second-order valence-corrected chi connectivity index (χ2v) is 5.25. The number of hydrogen-bond acceptors (Lipinski definition) is 5. The quantitative estimate of drug-likeness (QED) is 0.624. The Labute approximate surface area is 136 Å². The Morgan fingerprint density at radius 1 is 1.13 bits per heavy atom. The summed E-state index contributed by atoms with van der Waals surface area (Å²) >= 11 is 0. The van der Waals surface area contributed by atoms with Crippen molar-refractivity contribution in [3.05, 3.63) is 65.5 Å². The maximum absolute atomic E-state index is 12.2. The van der Waals surface area contributed by atoms with Crippen molar-refractivity contribution in [2.24, 2.45) is 0 Å². The Balaban J connectivity index is 2.08. The van der Waals surface area contributed by atoms with Crippen molar-refractivity contribution in [1.29, 1.82) is 0 Å². The van der Waals surface area contributed by atoms with Gasteiger partial charge in [0.2, 0.25) is 0 Å². The summed E-state index contributed by atoms with van der Waals surface area (Å²) in [6, 6.07) is 6.77. The lowest BCUT2D eigenvalue weighted by Crippen LogP contribution is -2.24. The van der Waals surface area contributed by atoms with Crippen molar-refractivity contribution in [2.75, 3.05) is 13.1 Å². The number of allylic oxidation sites excluding steroid dienone is 4. The summed E-state index contributed by atoms with van der Waals surface area (Å²) in [7, 11) is 0. The number of benzene rings is 1. The number of nitrogens with zero attached hydrogens (tertiary/aromatic N) is 2. The molecule has 0 aromatic heterocycles.